The molecule has 0 aromatic heterocycles. The van der Waals surface area contributed by atoms with Gasteiger partial charge in [0, 0.05) is 19.5 Å². The molecule has 20 heavy (non-hydrogen) atoms. The Balaban J connectivity index is 1.99. The summed E-state index contributed by atoms with van der Waals surface area (Å²) in [4.78, 5) is 24.0. The van der Waals surface area contributed by atoms with E-state index < -0.39 is 30.5 Å². The van der Waals surface area contributed by atoms with Crippen LogP contribution in [-0.4, -0.2) is 41.1 Å². The van der Waals surface area contributed by atoms with Gasteiger partial charge in [-0.1, -0.05) is 12.8 Å². The molecule has 1 aliphatic heterocycles. The number of aliphatic carboxylic acids is 1. The van der Waals surface area contributed by atoms with Gasteiger partial charge >= 0.3 is 12.1 Å². The molecule has 4 nitrogen and oxygen atoms in total. The molecule has 0 aromatic rings. The van der Waals surface area contributed by atoms with E-state index in [9.17, 15) is 22.8 Å². The van der Waals surface area contributed by atoms with Crippen LogP contribution in [0.2, 0.25) is 0 Å². The zero-order valence-electron chi connectivity index (χ0n) is 11.0. The minimum absolute atomic E-state index is 0.246. The Bertz CT molecular complexity index is 391. The first-order valence-electron chi connectivity index (χ1n) is 6.86. The molecule has 1 saturated heterocycles. The summed E-state index contributed by atoms with van der Waals surface area (Å²) in [6.45, 7) is -0.850. The highest BCUT2D eigenvalue weighted by Gasteiger charge is 2.53. The first-order chi connectivity index (χ1) is 9.29. The van der Waals surface area contributed by atoms with Crippen LogP contribution in [0, 0.1) is 17.8 Å². The van der Waals surface area contributed by atoms with Crippen LogP contribution in [0.5, 0.6) is 0 Å². The Morgan fingerprint density at radius 3 is 2.20 bits per heavy atom. The van der Waals surface area contributed by atoms with E-state index in [0.29, 0.717) is 0 Å². The summed E-state index contributed by atoms with van der Waals surface area (Å²) in [5, 5.41) is 8.89. The predicted molar refractivity (Wildman–Crippen MR) is 63.8 cm³/mol. The Morgan fingerprint density at radius 1 is 1.15 bits per heavy atom. The van der Waals surface area contributed by atoms with Gasteiger partial charge in [0.2, 0.25) is 5.91 Å². The van der Waals surface area contributed by atoms with Crippen LogP contribution in [0.15, 0.2) is 0 Å². The molecule has 7 heteroatoms. The van der Waals surface area contributed by atoms with Crippen molar-refractivity contribution in [1.29, 1.82) is 0 Å². The maximum atomic E-state index is 12.8. The van der Waals surface area contributed by atoms with Crippen LogP contribution < -0.4 is 0 Å². The lowest BCUT2D eigenvalue weighted by atomic mass is 9.96. The van der Waals surface area contributed by atoms with Crippen molar-refractivity contribution in [3.05, 3.63) is 0 Å². The number of hydrogen-bond acceptors (Lipinski definition) is 2. The van der Waals surface area contributed by atoms with Crippen LogP contribution >= 0.6 is 0 Å². The van der Waals surface area contributed by atoms with Crippen molar-refractivity contribution in [2.24, 2.45) is 17.8 Å². The van der Waals surface area contributed by atoms with Gasteiger partial charge in [-0.05, 0) is 18.8 Å². The zero-order valence-corrected chi connectivity index (χ0v) is 11.0. The Morgan fingerprint density at radius 2 is 1.75 bits per heavy atom. The highest BCUT2D eigenvalue weighted by Crippen LogP contribution is 2.38. The minimum Gasteiger partial charge on any atom is -0.481 e. The Labute approximate surface area is 114 Å². The number of carboxylic acids is 1. The average Bonchev–Trinajstić information content (AvgIpc) is 2.95. The Hall–Kier alpha value is -1.27. The first-order valence-corrected chi connectivity index (χ1v) is 6.86. The molecule has 1 N–H and O–H groups in total. The van der Waals surface area contributed by atoms with Crippen molar-refractivity contribution in [3.8, 4) is 0 Å². The number of carboxylic acid groups (broad SMARTS) is 1. The summed E-state index contributed by atoms with van der Waals surface area (Å²) < 4.78 is 38.4. The number of carbonyl (C=O) groups is 2. The number of likely N-dealkylation sites (tertiary alicyclic amines) is 1. The maximum absolute atomic E-state index is 12.8. The zero-order chi connectivity index (χ0) is 14.9. The van der Waals surface area contributed by atoms with E-state index in [2.05, 4.69) is 0 Å². The second-order valence-corrected chi connectivity index (χ2v) is 5.75. The van der Waals surface area contributed by atoms with Gasteiger partial charge in [0.05, 0.1) is 11.8 Å². The lowest BCUT2D eigenvalue weighted by molar-refractivity contribution is -0.188. The summed E-state index contributed by atoms with van der Waals surface area (Å²) in [6, 6.07) is 0. The van der Waals surface area contributed by atoms with Crippen LogP contribution in [0.25, 0.3) is 0 Å². The largest absolute Gasteiger partial charge is 0.481 e. The molecule has 1 amide bonds. The van der Waals surface area contributed by atoms with E-state index in [4.69, 9.17) is 5.11 Å². The molecule has 2 aliphatic rings. The summed E-state index contributed by atoms with van der Waals surface area (Å²) in [5.41, 5.74) is 0. The van der Waals surface area contributed by atoms with E-state index in [0.717, 1.165) is 30.6 Å². The SMILES string of the molecule is O=C(O)[C@@H]1CN(C(=O)CC2CCCC2)C[C@H]1C(F)(F)F. The number of amides is 1. The van der Waals surface area contributed by atoms with E-state index in [1.807, 2.05) is 0 Å². The van der Waals surface area contributed by atoms with Gasteiger partial charge in [-0.25, -0.2) is 0 Å². The van der Waals surface area contributed by atoms with Gasteiger partial charge in [0.1, 0.15) is 0 Å². The van der Waals surface area contributed by atoms with Gasteiger partial charge in [0.15, 0.2) is 0 Å². The molecule has 2 fully saturated rings. The molecule has 114 valence electrons. The topological polar surface area (TPSA) is 57.6 Å². The van der Waals surface area contributed by atoms with E-state index in [-0.39, 0.29) is 24.8 Å². The molecular weight excluding hydrogens is 275 g/mol. The molecule has 0 spiro atoms. The summed E-state index contributed by atoms with van der Waals surface area (Å²) in [6.07, 6.45) is -0.348. The summed E-state index contributed by atoms with van der Waals surface area (Å²) in [7, 11) is 0. The van der Waals surface area contributed by atoms with Crippen molar-refractivity contribution >= 4 is 11.9 Å². The quantitative estimate of drug-likeness (QED) is 0.868. The molecule has 2 rings (SSSR count). The molecule has 0 aromatic carbocycles. The fraction of sp³-hybridized carbons (Fsp3) is 0.846. The minimum atomic E-state index is -4.58. The number of nitrogens with zero attached hydrogens (tertiary/aromatic N) is 1. The summed E-state index contributed by atoms with van der Waals surface area (Å²) >= 11 is 0. The summed E-state index contributed by atoms with van der Waals surface area (Å²) in [5.74, 6) is -5.07. The molecule has 0 bridgehead atoms. The predicted octanol–water partition coefficient (Wildman–Crippen LogP) is 2.29. The number of carbonyl (C=O) groups excluding carboxylic acids is 1. The van der Waals surface area contributed by atoms with Crippen molar-refractivity contribution in [1.82, 2.24) is 4.90 Å². The van der Waals surface area contributed by atoms with Crippen LogP contribution in [0.3, 0.4) is 0 Å². The van der Waals surface area contributed by atoms with Crippen LogP contribution in [0.1, 0.15) is 32.1 Å². The van der Waals surface area contributed by atoms with Crippen molar-refractivity contribution in [2.45, 2.75) is 38.3 Å². The van der Waals surface area contributed by atoms with Crippen molar-refractivity contribution in [3.63, 3.8) is 0 Å². The van der Waals surface area contributed by atoms with Gasteiger partial charge in [0.25, 0.3) is 0 Å². The average molecular weight is 293 g/mol. The number of rotatable bonds is 3. The molecule has 0 radical (unpaired) electrons. The smallest absolute Gasteiger partial charge is 0.394 e. The highest BCUT2D eigenvalue weighted by molar-refractivity contribution is 5.79. The third kappa shape index (κ3) is 3.24. The third-order valence-electron chi connectivity index (χ3n) is 4.35. The van der Waals surface area contributed by atoms with Gasteiger partial charge in [-0.2, -0.15) is 13.2 Å². The lowest BCUT2D eigenvalue weighted by Crippen LogP contribution is -2.34. The molecular formula is C13H18F3NO3. The van der Waals surface area contributed by atoms with Crippen LogP contribution in [-0.2, 0) is 9.59 Å². The van der Waals surface area contributed by atoms with E-state index in [1.54, 1.807) is 0 Å². The van der Waals surface area contributed by atoms with E-state index >= 15 is 0 Å². The number of alkyl halides is 3. The van der Waals surface area contributed by atoms with Gasteiger partial charge in [-0.15, -0.1) is 0 Å². The second kappa shape index (κ2) is 5.61. The fourth-order valence-corrected chi connectivity index (χ4v) is 3.18. The normalized spacial score (nSPS) is 28.1. The fourth-order valence-electron chi connectivity index (χ4n) is 3.18. The molecule has 2 atom stereocenters. The van der Waals surface area contributed by atoms with Crippen LogP contribution in [0.4, 0.5) is 13.2 Å². The third-order valence-corrected chi connectivity index (χ3v) is 4.35. The molecule has 1 heterocycles. The maximum Gasteiger partial charge on any atom is 0.394 e. The molecule has 1 saturated carbocycles. The van der Waals surface area contributed by atoms with E-state index in [1.165, 1.54) is 0 Å². The molecule has 0 unspecified atom stereocenters. The standard InChI is InChI=1S/C13H18F3NO3/c14-13(15,16)10-7-17(6-9(10)12(19)20)11(18)5-8-3-1-2-4-8/h8-10H,1-7H2,(H,19,20)/t9-,10-/m1/s1. The monoisotopic (exact) mass is 293 g/mol. The molecule has 1 aliphatic carbocycles. The lowest BCUT2D eigenvalue weighted by Gasteiger charge is -2.19. The van der Waals surface area contributed by atoms with Gasteiger partial charge in [-0.3, -0.25) is 9.59 Å². The highest BCUT2D eigenvalue weighted by atomic mass is 19.4. The van der Waals surface area contributed by atoms with Crippen molar-refractivity contribution < 1.29 is 27.9 Å². The van der Waals surface area contributed by atoms with Gasteiger partial charge < -0.3 is 10.0 Å². The second-order valence-electron chi connectivity index (χ2n) is 5.75. The first kappa shape index (κ1) is 15.1. The Kier molecular flexibility index (Phi) is 4.25. The number of hydrogen-bond donors (Lipinski definition) is 1. The number of halogens is 3. The van der Waals surface area contributed by atoms with Crippen molar-refractivity contribution in [2.75, 3.05) is 13.1 Å².